The molecule has 4 nitrogen and oxygen atoms in total. The molecule has 1 aromatic carbocycles. The third kappa shape index (κ3) is 3.93. The minimum atomic E-state index is -3.19. The molecule has 0 bridgehead atoms. The highest BCUT2D eigenvalue weighted by Gasteiger charge is 2.10. The normalized spacial score (nSPS) is 13.4. The van der Waals surface area contributed by atoms with Crippen molar-refractivity contribution in [1.82, 2.24) is 0 Å². The molecule has 0 aromatic heterocycles. The van der Waals surface area contributed by atoms with E-state index < -0.39 is 9.84 Å². The molecule has 5 heteroatoms. The number of anilines is 2. The summed E-state index contributed by atoms with van der Waals surface area (Å²) in [6.07, 6.45) is 3.32. The molecule has 0 amide bonds. The third-order valence-electron chi connectivity index (χ3n) is 2.57. The summed E-state index contributed by atoms with van der Waals surface area (Å²) in [4.78, 5) is 0.253. The number of hydrogen-bond donors (Lipinski definition) is 2. The van der Waals surface area contributed by atoms with Gasteiger partial charge in [0.15, 0.2) is 9.84 Å². The molecule has 0 saturated carbocycles. The van der Waals surface area contributed by atoms with E-state index in [0.29, 0.717) is 11.7 Å². The Labute approximate surface area is 103 Å². The first kappa shape index (κ1) is 13.8. The average Bonchev–Trinajstić information content (AvgIpc) is 2.20. The quantitative estimate of drug-likeness (QED) is 0.793. The molecule has 1 unspecified atom stereocenters. The molecule has 96 valence electrons. The zero-order valence-corrected chi connectivity index (χ0v) is 11.3. The molecule has 0 aliphatic carbocycles. The second-order valence-electron chi connectivity index (χ2n) is 4.36. The van der Waals surface area contributed by atoms with Gasteiger partial charge in [0, 0.05) is 12.3 Å². The standard InChI is InChI=1S/C12H20N2O2S/c1-4-5-9(2)14-12-7-6-10(8-11(12)13)17(3,15)16/h6-9,14H,4-5,13H2,1-3H3. The fourth-order valence-electron chi connectivity index (χ4n) is 1.67. The number of nitrogens with one attached hydrogen (secondary N) is 1. The van der Waals surface area contributed by atoms with Gasteiger partial charge >= 0.3 is 0 Å². The highest BCUT2D eigenvalue weighted by atomic mass is 32.2. The van der Waals surface area contributed by atoms with Gasteiger partial charge in [0.05, 0.1) is 16.3 Å². The minimum Gasteiger partial charge on any atom is -0.397 e. The van der Waals surface area contributed by atoms with Crippen LogP contribution in [0.25, 0.3) is 0 Å². The van der Waals surface area contributed by atoms with Crippen LogP contribution in [-0.2, 0) is 9.84 Å². The van der Waals surface area contributed by atoms with Crippen LogP contribution in [0.1, 0.15) is 26.7 Å². The van der Waals surface area contributed by atoms with Gasteiger partial charge in [0.25, 0.3) is 0 Å². The lowest BCUT2D eigenvalue weighted by molar-refractivity contribution is 0.602. The van der Waals surface area contributed by atoms with Crippen LogP contribution in [0, 0.1) is 0 Å². The van der Waals surface area contributed by atoms with Gasteiger partial charge < -0.3 is 11.1 Å². The molecule has 0 fully saturated rings. The van der Waals surface area contributed by atoms with Crippen molar-refractivity contribution in [3.63, 3.8) is 0 Å². The predicted octanol–water partition coefficient (Wildman–Crippen LogP) is 2.27. The van der Waals surface area contributed by atoms with Crippen molar-refractivity contribution >= 4 is 21.2 Å². The zero-order valence-electron chi connectivity index (χ0n) is 10.5. The number of nitrogen functional groups attached to an aromatic ring is 1. The second-order valence-corrected chi connectivity index (χ2v) is 6.37. The first-order valence-corrected chi connectivity index (χ1v) is 7.60. The van der Waals surface area contributed by atoms with Gasteiger partial charge in [-0.3, -0.25) is 0 Å². The first-order chi connectivity index (χ1) is 7.84. The Balaban J connectivity index is 2.91. The molecule has 1 atom stereocenters. The molecular weight excluding hydrogens is 236 g/mol. The summed E-state index contributed by atoms with van der Waals surface area (Å²) >= 11 is 0. The Hall–Kier alpha value is -1.23. The lowest BCUT2D eigenvalue weighted by atomic mass is 10.2. The van der Waals surface area contributed by atoms with Crippen LogP contribution in [0.2, 0.25) is 0 Å². The van der Waals surface area contributed by atoms with Crippen LogP contribution in [0.5, 0.6) is 0 Å². The Morgan fingerprint density at radius 3 is 2.53 bits per heavy atom. The van der Waals surface area contributed by atoms with E-state index in [4.69, 9.17) is 5.73 Å². The molecule has 17 heavy (non-hydrogen) atoms. The molecule has 0 aliphatic heterocycles. The Bertz CT molecular complexity index is 483. The van der Waals surface area contributed by atoms with Crippen molar-refractivity contribution in [2.75, 3.05) is 17.3 Å². The highest BCUT2D eigenvalue weighted by Crippen LogP contribution is 2.23. The van der Waals surface area contributed by atoms with E-state index in [9.17, 15) is 8.42 Å². The Morgan fingerprint density at radius 1 is 1.41 bits per heavy atom. The summed E-state index contributed by atoms with van der Waals surface area (Å²) < 4.78 is 22.7. The van der Waals surface area contributed by atoms with E-state index >= 15 is 0 Å². The number of sulfone groups is 1. The molecular formula is C12H20N2O2S. The maximum Gasteiger partial charge on any atom is 0.175 e. The summed E-state index contributed by atoms with van der Waals surface area (Å²) in [6.45, 7) is 4.20. The largest absolute Gasteiger partial charge is 0.397 e. The highest BCUT2D eigenvalue weighted by molar-refractivity contribution is 7.90. The summed E-state index contributed by atoms with van der Waals surface area (Å²) in [5, 5.41) is 3.27. The van der Waals surface area contributed by atoms with Gasteiger partial charge in [-0.05, 0) is 31.5 Å². The number of hydrogen-bond acceptors (Lipinski definition) is 4. The smallest absolute Gasteiger partial charge is 0.175 e. The van der Waals surface area contributed by atoms with Crippen LogP contribution in [0.15, 0.2) is 23.1 Å². The number of benzene rings is 1. The van der Waals surface area contributed by atoms with Gasteiger partial charge in [0.1, 0.15) is 0 Å². The summed E-state index contributed by atoms with van der Waals surface area (Å²) in [6, 6.07) is 5.12. The van der Waals surface area contributed by atoms with Crippen LogP contribution >= 0.6 is 0 Å². The van der Waals surface area contributed by atoms with Crippen molar-refractivity contribution in [3.05, 3.63) is 18.2 Å². The molecule has 0 radical (unpaired) electrons. The SMILES string of the molecule is CCCC(C)Nc1ccc(S(C)(=O)=O)cc1N. The monoisotopic (exact) mass is 256 g/mol. The van der Waals surface area contributed by atoms with Gasteiger partial charge in [0.2, 0.25) is 0 Å². The second kappa shape index (κ2) is 5.40. The van der Waals surface area contributed by atoms with Crippen molar-refractivity contribution in [1.29, 1.82) is 0 Å². The Morgan fingerprint density at radius 2 is 2.06 bits per heavy atom. The molecule has 0 saturated heterocycles. The maximum atomic E-state index is 11.3. The fraction of sp³-hybridized carbons (Fsp3) is 0.500. The van der Waals surface area contributed by atoms with Crippen LogP contribution < -0.4 is 11.1 Å². The first-order valence-electron chi connectivity index (χ1n) is 5.70. The molecule has 1 rings (SSSR count). The third-order valence-corrected chi connectivity index (χ3v) is 3.69. The van der Waals surface area contributed by atoms with E-state index in [-0.39, 0.29) is 4.90 Å². The fourth-order valence-corrected chi connectivity index (χ4v) is 2.33. The van der Waals surface area contributed by atoms with E-state index in [0.717, 1.165) is 18.5 Å². The van der Waals surface area contributed by atoms with E-state index in [2.05, 4.69) is 19.2 Å². The van der Waals surface area contributed by atoms with E-state index in [1.807, 2.05) is 0 Å². The molecule has 3 N–H and O–H groups in total. The van der Waals surface area contributed by atoms with E-state index in [1.54, 1.807) is 12.1 Å². The molecule has 0 aliphatic rings. The summed E-state index contributed by atoms with van der Waals surface area (Å²) in [7, 11) is -3.19. The van der Waals surface area contributed by atoms with Gasteiger partial charge in [-0.15, -0.1) is 0 Å². The van der Waals surface area contributed by atoms with Crippen molar-refractivity contribution in [2.24, 2.45) is 0 Å². The summed E-state index contributed by atoms with van der Waals surface area (Å²) in [5.74, 6) is 0. The van der Waals surface area contributed by atoms with Crippen molar-refractivity contribution in [2.45, 2.75) is 37.6 Å². The van der Waals surface area contributed by atoms with Crippen LogP contribution in [-0.4, -0.2) is 20.7 Å². The van der Waals surface area contributed by atoms with Crippen LogP contribution in [0.3, 0.4) is 0 Å². The van der Waals surface area contributed by atoms with Crippen molar-refractivity contribution < 1.29 is 8.42 Å². The zero-order chi connectivity index (χ0) is 13.1. The maximum absolute atomic E-state index is 11.3. The molecule has 0 heterocycles. The predicted molar refractivity (Wildman–Crippen MR) is 72.0 cm³/mol. The Kier molecular flexibility index (Phi) is 4.40. The summed E-state index contributed by atoms with van der Waals surface area (Å²) in [5.41, 5.74) is 7.09. The molecule has 0 spiro atoms. The van der Waals surface area contributed by atoms with Gasteiger partial charge in [-0.25, -0.2) is 8.42 Å². The lowest BCUT2D eigenvalue weighted by Gasteiger charge is -2.16. The number of rotatable bonds is 5. The number of nitrogens with two attached hydrogens (primary N) is 1. The average molecular weight is 256 g/mol. The van der Waals surface area contributed by atoms with Gasteiger partial charge in [-0.1, -0.05) is 13.3 Å². The minimum absolute atomic E-state index is 0.253. The van der Waals surface area contributed by atoms with E-state index in [1.165, 1.54) is 12.3 Å². The van der Waals surface area contributed by atoms with Crippen molar-refractivity contribution in [3.8, 4) is 0 Å². The topological polar surface area (TPSA) is 72.2 Å². The lowest BCUT2D eigenvalue weighted by Crippen LogP contribution is -2.15. The van der Waals surface area contributed by atoms with Gasteiger partial charge in [-0.2, -0.15) is 0 Å². The van der Waals surface area contributed by atoms with Crippen LogP contribution in [0.4, 0.5) is 11.4 Å². The molecule has 1 aromatic rings.